The highest BCUT2D eigenvalue weighted by Crippen LogP contribution is 2.35. The molecule has 0 aliphatic carbocycles. The normalized spacial score (nSPS) is 23.7. The summed E-state index contributed by atoms with van der Waals surface area (Å²) >= 11 is 0. The SMILES string of the molecule is Cc1cccc2c1c(Cc1ccc(CCCC(=O)NC(C)(C)C(=O)N3CCN(CC(C)C)CC3)cc1)cn2[C@@H]1O[C@H](CO)[C@@H](O)[C@H](O)[C@H]1O. The first kappa shape index (κ1) is 36.9. The van der Waals surface area contributed by atoms with Crippen LogP contribution in [-0.2, 0) is 27.2 Å². The number of hydrogen-bond acceptors (Lipinski definition) is 8. The second-order valence-electron chi connectivity index (χ2n) is 14.8. The molecule has 2 saturated heterocycles. The molecule has 2 aromatic carbocycles. The number of nitrogens with one attached hydrogen (secondary N) is 1. The van der Waals surface area contributed by atoms with E-state index in [-0.39, 0.29) is 11.8 Å². The average molecular weight is 679 g/mol. The van der Waals surface area contributed by atoms with E-state index in [0.717, 1.165) is 59.2 Å². The number of aryl methyl sites for hydroxylation is 2. The third-order valence-electron chi connectivity index (χ3n) is 9.84. The summed E-state index contributed by atoms with van der Waals surface area (Å²) in [5.41, 5.74) is 4.14. The van der Waals surface area contributed by atoms with Gasteiger partial charge in [-0.15, -0.1) is 0 Å². The quantitative estimate of drug-likeness (QED) is 0.197. The molecule has 49 heavy (non-hydrogen) atoms. The smallest absolute Gasteiger partial charge is 0.247 e. The number of carbonyl (C=O) groups is 2. The van der Waals surface area contributed by atoms with Gasteiger partial charge in [-0.1, -0.05) is 50.2 Å². The van der Waals surface area contributed by atoms with Crippen LogP contribution >= 0.6 is 0 Å². The molecular formula is C38H54N4O7. The van der Waals surface area contributed by atoms with Crippen LogP contribution < -0.4 is 5.32 Å². The van der Waals surface area contributed by atoms with Crippen LogP contribution in [0, 0.1) is 12.8 Å². The van der Waals surface area contributed by atoms with Crippen molar-refractivity contribution >= 4 is 22.7 Å². The van der Waals surface area contributed by atoms with Crippen molar-refractivity contribution in [3.8, 4) is 0 Å². The molecule has 0 radical (unpaired) electrons. The van der Waals surface area contributed by atoms with E-state index in [4.69, 9.17) is 4.74 Å². The van der Waals surface area contributed by atoms with Crippen molar-refractivity contribution in [1.82, 2.24) is 19.7 Å². The number of nitrogens with zero attached hydrogens (tertiary/aromatic N) is 3. The van der Waals surface area contributed by atoms with Gasteiger partial charge >= 0.3 is 0 Å². The molecule has 0 bridgehead atoms. The first-order valence-corrected chi connectivity index (χ1v) is 17.6. The number of rotatable bonds is 12. The number of hydrogen-bond donors (Lipinski definition) is 5. The molecule has 5 atom stereocenters. The highest BCUT2D eigenvalue weighted by Gasteiger charge is 2.44. The minimum absolute atomic E-state index is 0.0351. The lowest BCUT2D eigenvalue weighted by Gasteiger charge is -2.40. The molecule has 5 rings (SSSR count). The predicted molar refractivity (Wildman–Crippen MR) is 188 cm³/mol. The van der Waals surface area contributed by atoms with E-state index < -0.39 is 42.8 Å². The van der Waals surface area contributed by atoms with Gasteiger partial charge in [-0.25, -0.2) is 0 Å². The second kappa shape index (κ2) is 15.7. The number of fused-ring (bicyclic) bond motifs is 1. The van der Waals surface area contributed by atoms with E-state index in [1.165, 1.54) is 0 Å². The van der Waals surface area contributed by atoms with Gasteiger partial charge in [-0.2, -0.15) is 0 Å². The van der Waals surface area contributed by atoms with Crippen molar-refractivity contribution < 1.29 is 34.8 Å². The molecular weight excluding hydrogens is 624 g/mol. The molecule has 0 unspecified atom stereocenters. The summed E-state index contributed by atoms with van der Waals surface area (Å²) in [4.78, 5) is 30.3. The molecule has 5 N–H and O–H groups in total. The molecule has 11 nitrogen and oxygen atoms in total. The number of benzene rings is 2. The van der Waals surface area contributed by atoms with E-state index in [0.29, 0.717) is 38.3 Å². The summed E-state index contributed by atoms with van der Waals surface area (Å²) in [7, 11) is 0. The zero-order valence-electron chi connectivity index (χ0n) is 29.5. The van der Waals surface area contributed by atoms with Gasteiger partial charge < -0.3 is 39.9 Å². The molecule has 0 spiro atoms. The lowest BCUT2D eigenvalue weighted by molar-refractivity contribution is -0.250. The van der Waals surface area contributed by atoms with Crippen molar-refractivity contribution in [2.45, 2.75) is 96.5 Å². The Hall–Kier alpha value is -3.32. The van der Waals surface area contributed by atoms with E-state index in [9.17, 15) is 30.0 Å². The maximum absolute atomic E-state index is 13.2. The van der Waals surface area contributed by atoms with E-state index >= 15 is 0 Å². The summed E-state index contributed by atoms with van der Waals surface area (Å²) in [6, 6.07) is 14.2. The van der Waals surface area contributed by atoms with Gasteiger partial charge in [-0.05, 0) is 74.3 Å². The Balaban J connectivity index is 1.16. The van der Waals surface area contributed by atoms with Crippen molar-refractivity contribution in [1.29, 1.82) is 0 Å². The molecule has 11 heteroatoms. The topological polar surface area (TPSA) is 148 Å². The van der Waals surface area contributed by atoms with Crippen molar-refractivity contribution in [3.63, 3.8) is 0 Å². The molecule has 2 amide bonds. The Morgan fingerprint density at radius 2 is 1.63 bits per heavy atom. The summed E-state index contributed by atoms with van der Waals surface area (Å²) < 4.78 is 7.66. The maximum atomic E-state index is 13.2. The van der Waals surface area contributed by atoms with Crippen molar-refractivity contribution in [2.24, 2.45) is 5.92 Å². The summed E-state index contributed by atoms with van der Waals surface area (Å²) in [5.74, 6) is 0.432. The summed E-state index contributed by atoms with van der Waals surface area (Å²) in [6.07, 6.45) is -2.00. The molecule has 3 aromatic rings. The molecule has 1 aromatic heterocycles. The first-order chi connectivity index (χ1) is 23.3. The largest absolute Gasteiger partial charge is 0.394 e. The number of carbonyl (C=O) groups excluding carboxylic acids is 2. The fraction of sp³-hybridized carbons (Fsp3) is 0.579. The fourth-order valence-electron chi connectivity index (χ4n) is 7.25. The number of aromatic nitrogens is 1. The van der Waals surface area contributed by atoms with Gasteiger partial charge in [0.2, 0.25) is 11.8 Å². The minimum atomic E-state index is -1.46. The van der Waals surface area contributed by atoms with Crippen LogP contribution in [0.25, 0.3) is 10.9 Å². The number of aliphatic hydroxyl groups excluding tert-OH is 4. The lowest BCUT2D eigenvalue weighted by Crippen LogP contribution is -2.59. The molecule has 268 valence electrons. The number of piperazine rings is 1. The van der Waals surface area contributed by atoms with Crippen LogP contribution in [0.1, 0.15) is 69.0 Å². The van der Waals surface area contributed by atoms with E-state index in [2.05, 4.69) is 48.3 Å². The van der Waals surface area contributed by atoms with Crippen LogP contribution in [-0.4, -0.2) is 116 Å². The summed E-state index contributed by atoms with van der Waals surface area (Å²) in [6.45, 7) is 13.6. The molecule has 2 fully saturated rings. The highest BCUT2D eigenvalue weighted by atomic mass is 16.6. The molecule has 2 aliphatic rings. The lowest BCUT2D eigenvalue weighted by atomic mass is 9.98. The Labute approximate surface area is 289 Å². The van der Waals surface area contributed by atoms with Crippen LogP contribution in [0.5, 0.6) is 0 Å². The fourth-order valence-corrected chi connectivity index (χ4v) is 7.25. The van der Waals surface area contributed by atoms with Crippen LogP contribution in [0.3, 0.4) is 0 Å². The standard InChI is InChI=1S/C38H54N4O7/c1-24(2)21-40-16-18-41(19-17-40)37(48)38(4,5)39-31(44)11-7-9-26-12-14-27(15-13-26)20-28-22-42(29-10-6-8-25(3)32(28)29)36-35(47)34(46)33(45)30(23-43)49-36/h6,8,10,12-15,22,24,30,33-36,43,45-47H,7,9,11,16-21,23H2,1-5H3,(H,39,44)/t30-,33-,34+,35-,36-/m1/s1. The van der Waals surface area contributed by atoms with Gasteiger partial charge in [0.1, 0.15) is 30.0 Å². The van der Waals surface area contributed by atoms with Crippen LogP contribution in [0.15, 0.2) is 48.7 Å². The number of aliphatic hydroxyl groups is 4. The molecule has 0 saturated carbocycles. The van der Waals surface area contributed by atoms with E-state index in [1.807, 2.05) is 36.2 Å². The van der Waals surface area contributed by atoms with Crippen LogP contribution in [0.2, 0.25) is 0 Å². The van der Waals surface area contributed by atoms with Crippen molar-refractivity contribution in [3.05, 3.63) is 70.9 Å². The van der Waals surface area contributed by atoms with Crippen molar-refractivity contribution in [2.75, 3.05) is 39.3 Å². The van der Waals surface area contributed by atoms with Gasteiger partial charge in [0, 0.05) is 50.7 Å². The van der Waals surface area contributed by atoms with Gasteiger partial charge in [0.05, 0.1) is 12.1 Å². The zero-order chi connectivity index (χ0) is 35.5. The van der Waals surface area contributed by atoms with E-state index in [1.54, 1.807) is 18.4 Å². The third kappa shape index (κ3) is 8.53. The Kier molecular flexibility index (Phi) is 11.8. The second-order valence-corrected chi connectivity index (χ2v) is 14.8. The zero-order valence-corrected chi connectivity index (χ0v) is 29.5. The Morgan fingerprint density at radius 3 is 2.29 bits per heavy atom. The molecule has 3 heterocycles. The number of ether oxygens (including phenoxy) is 1. The van der Waals surface area contributed by atoms with Gasteiger partial charge in [0.25, 0.3) is 0 Å². The van der Waals surface area contributed by atoms with Gasteiger partial charge in [-0.3, -0.25) is 14.5 Å². The monoisotopic (exact) mass is 678 g/mol. The Morgan fingerprint density at radius 1 is 0.959 bits per heavy atom. The first-order valence-electron chi connectivity index (χ1n) is 17.6. The number of amides is 2. The predicted octanol–water partition coefficient (Wildman–Crippen LogP) is 2.53. The summed E-state index contributed by atoms with van der Waals surface area (Å²) in [5, 5.41) is 45.2. The van der Waals surface area contributed by atoms with Gasteiger partial charge in [0.15, 0.2) is 6.23 Å². The van der Waals surface area contributed by atoms with Crippen LogP contribution in [0.4, 0.5) is 0 Å². The molecule has 2 aliphatic heterocycles. The average Bonchev–Trinajstić information content (AvgIpc) is 3.43. The Bertz CT molecular complexity index is 1580. The minimum Gasteiger partial charge on any atom is -0.394 e. The third-order valence-corrected chi connectivity index (χ3v) is 9.84. The maximum Gasteiger partial charge on any atom is 0.247 e. The highest BCUT2D eigenvalue weighted by molar-refractivity contribution is 5.91.